The zero-order valence-corrected chi connectivity index (χ0v) is 15.0. The molecule has 6 nitrogen and oxygen atoms in total. The molecule has 0 saturated carbocycles. The number of nitrogens with one attached hydrogen (secondary N) is 2. The number of hydrogen-bond acceptors (Lipinski definition) is 5. The van der Waals surface area contributed by atoms with E-state index >= 15 is 0 Å². The predicted octanol–water partition coefficient (Wildman–Crippen LogP) is 2.26. The molecule has 1 unspecified atom stereocenters. The first-order valence-corrected chi connectivity index (χ1v) is 10.1. The Morgan fingerprint density at radius 2 is 2.00 bits per heavy atom. The number of hydrogen-bond donors (Lipinski definition) is 2. The second-order valence-electron chi connectivity index (χ2n) is 5.98. The van der Waals surface area contributed by atoms with Crippen LogP contribution in [0.3, 0.4) is 0 Å². The number of carbonyl (C=O) groups excluding carboxylic acids is 1. The molecule has 1 aliphatic rings. The highest BCUT2D eigenvalue weighted by Crippen LogP contribution is 2.18. The number of aromatic nitrogens is 1. The van der Waals surface area contributed by atoms with Crippen LogP contribution in [0.15, 0.2) is 42.6 Å². The smallest absolute Gasteiger partial charge is 0.270 e. The van der Waals surface area contributed by atoms with Gasteiger partial charge in [0.25, 0.3) is 5.91 Å². The number of pyridine rings is 1. The molecule has 1 saturated heterocycles. The van der Waals surface area contributed by atoms with Crippen molar-refractivity contribution < 1.29 is 13.2 Å². The predicted molar refractivity (Wildman–Crippen MR) is 97.5 cm³/mol. The van der Waals surface area contributed by atoms with Crippen molar-refractivity contribution >= 4 is 33.0 Å². The van der Waals surface area contributed by atoms with Crippen molar-refractivity contribution in [3.8, 4) is 0 Å². The van der Waals surface area contributed by atoms with Crippen LogP contribution in [-0.4, -0.2) is 36.9 Å². The number of carbonyl (C=O) groups is 1. The Bertz CT molecular complexity index is 869. The lowest BCUT2D eigenvalue weighted by Crippen LogP contribution is -2.24. The maximum absolute atomic E-state index is 12.3. The number of anilines is 1. The van der Waals surface area contributed by atoms with E-state index < -0.39 is 9.84 Å². The first kappa shape index (κ1) is 17.7. The molecule has 2 N–H and O–H groups in total. The summed E-state index contributed by atoms with van der Waals surface area (Å²) < 4.78 is 23.0. The molecule has 132 valence electrons. The third-order valence-electron chi connectivity index (χ3n) is 3.96. The molecule has 1 atom stereocenters. The lowest BCUT2D eigenvalue weighted by Gasteiger charge is -2.13. The lowest BCUT2D eigenvalue weighted by molar-refractivity contribution is 0.0946. The number of halogens is 1. The van der Waals surface area contributed by atoms with Gasteiger partial charge >= 0.3 is 0 Å². The fourth-order valence-corrected chi connectivity index (χ4v) is 4.46. The van der Waals surface area contributed by atoms with E-state index in [2.05, 4.69) is 15.6 Å². The van der Waals surface area contributed by atoms with E-state index in [0.717, 1.165) is 5.56 Å². The van der Waals surface area contributed by atoms with Gasteiger partial charge in [0.1, 0.15) is 5.69 Å². The van der Waals surface area contributed by atoms with Crippen LogP contribution in [0.5, 0.6) is 0 Å². The number of nitrogens with zero attached hydrogens (tertiary/aromatic N) is 1. The number of amides is 1. The summed E-state index contributed by atoms with van der Waals surface area (Å²) >= 11 is 5.83. The lowest BCUT2D eigenvalue weighted by atomic mass is 10.2. The minimum atomic E-state index is -2.95. The van der Waals surface area contributed by atoms with Gasteiger partial charge in [0.15, 0.2) is 9.84 Å². The van der Waals surface area contributed by atoms with E-state index in [1.165, 1.54) is 6.20 Å². The second-order valence-corrected chi connectivity index (χ2v) is 8.65. The fraction of sp³-hybridized carbons (Fsp3) is 0.294. The number of benzene rings is 1. The minimum absolute atomic E-state index is 0.118. The highest BCUT2D eigenvalue weighted by molar-refractivity contribution is 7.91. The fourth-order valence-electron chi connectivity index (χ4n) is 2.66. The minimum Gasteiger partial charge on any atom is -0.381 e. The van der Waals surface area contributed by atoms with Crippen LogP contribution in [0.2, 0.25) is 5.02 Å². The SMILES string of the molecule is O=C(NCc1ccc(Cl)cc1)c1cc(NC2CCS(=O)(=O)C2)ccn1. The van der Waals surface area contributed by atoms with Crippen molar-refractivity contribution in [2.24, 2.45) is 0 Å². The molecule has 0 aliphatic carbocycles. The van der Waals surface area contributed by atoms with E-state index in [0.29, 0.717) is 23.7 Å². The largest absolute Gasteiger partial charge is 0.381 e. The Balaban J connectivity index is 1.60. The van der Waals surface area contributed by atoms with E-state index in [1.54, 1.807) is 24.3 Å². The Morgan fingerprint density at radius 3 is 2.68 bits per heavy atom. The summed E-state index contributed by atoms with van der Waals surface area (Å²) in [4.78, 5) is 16.3. The normalized spacial score (nSPS) is 18.7. The molecule has 8 heteroatoms. The van der Waals surface area contributed by atoms with Gasteiger partial charge in [-0.2, -0.15) is 0 Å². The monoisotopic (exact) mass is 379 g/mol. The van der Waals surface area contributed by atoms with E-state index in [1.807, 2.05) is 12.1 Å². The maximum Gasteiger partial charge on any atom is 0.270 e. The van der Waals surface area contributed by atoms with Crippen LogP contribution in [0.25, 0.3) is 0 Å². The summed E-state index contributed by atoms with van der Waals surface area (Å²) in [6.45, 7) is 0.371. The maximum atomic E-state index is 12.3. The van der Waals surface area contributed by atoms with Crippen molar-refractivity contribution in [1.82, 2.24) is 10.3 Å². The van der Waals surface area contributed by atoms with Crippen LogP contribution in [0.1, 0.15) is 22.5 Å². The molecule has 1 aromatic carbocycles. The van der Waals surface area contributed by atoms with Crippen molar-refractivity contribution in [1.29, 1.82) is 0 Å². The quantitative estimate of drug-likeness (QED) is 0.831. The van der Waals surface area contributed by atoms with Crippen LogP contribution < -0.4 is 10.6 Å². The van der Waals surface area contributed by atoms with Crippen molar-refractivity contribution in [2.75, 3.05) is 16.8 Å². The van der Waals surface area contributed by atoms with Gasteiger partial charge in [-0.3, -0.25) is 9.78 Å². The second kappa shape index (κ2) is 7.41. The summed E-state index contributed by atoms with van der Waals surface area (Å²) in [6.07, 6.45) is 2.10. The molecule has 2 heterocycles. The molecule has 1 amide bonds. The number of rotatable bonds is 5. The highest BCUT2D eigenvalue weighted by Gasteiger charge is 2.27. The summed E-state index contributed by atoms with van der Waals surface area (Å²) in [5.41, 5.74) is 1.90. The van der Waals surface area contributed by atoms with Gasteiger partial charge in [0.2, 0.25) is 0 Å². The topological polar surface area (TPSA) is 88.2 Å². The first-order valence-electron chi connectivity index (χ1n) is 7.87. The van der Waals surface area contributed by atoms with Gasteiger partial charge in [-0.15, -0.1) is 0 Å². The Labute approximate surface area is 151 Å². The summed E-state index contributed by atoms with van der Waals surface area (Å²) in [6, 6.07) is 10.4. The van der Waals surface area contributed by atoms with Gasteiger partial charge < -0.3 is 10.6 Å². The van der Waals surface area contributed by atoms with Crippen molar-refractivity contribution in [3.05, 3.63) is 58.9 Å². The molecule has 0 spiro atoms. The zero-order valence-electron chi connectivity index (χ0n) is 13.4. The molecular weight excluding hydrogens is 362 g/mol. The van der Waals surface area contributed by atoms with Crippen LogP contribution in [0, 0.1) is 0 Å². The molecular formula is C17H18ClN3O3S. The van der Waals surface area contributed by atoms with Gasteiger partial charge in [-0.25, -0.2) is 8.42 Å². The van der Waals surface area contributed by atoms with Crippen LogP contribution in [0.4, 0.5) is 5.69 Å². The average Bonchev–Trinajstić information content (AvgIpc) is 2.93. The standard InChI is InChI=1S/C17H18ClN3O3S/c18-13-3-1-12(2-4-13)10-20-17(22)16-9-14(5-7-19-16)21-15-6-8-25(23,24)11-15/h1-5,7,9,15H,6,8,10-11H2,(H,19,21)(H,20,22). The molecule has 25 heavy (non-hydrogen) atoms. The van der Waals surface area contributed by atoms with Gasteiger partial charge in [0, 0.05) is 29.5 Å². The van der Waals surface area contributed by atoms with Crippen molar-refractivity contribution in [3.63, 3.8) is 0 Å². The molecule has 0 bridgehead atoms. The molecule has 0 radical (unpaired) electrons. The number of sulfone groups is 1. The Hall–Kier alpha value is -2.12. The summed E-state index contributed by atoms with van der Waals surface area (Å²) in [7, 11) is -2.95. The van der Waals surface area contributed by atoms with Crippen LogP contribution in [-0.2, 0) is 16.4 Å². The summed E-state index contributed by atoms with van der Waals surface area (Å²) in [5.74, 6) is 0.0232. The Kier molecular flexibility index (Phi) is 5.24. The van der Waals surface area contributed by atoms with E-state index in [-0.39, 0.29) is 29.1 Å². The third kappa shape index (κ3) is 4.93. The van der Waals surface area contributed by atoms with E-state index in [9.17, 15) is 13.2 Å². The molecule has 1 aromatic heterocycles. The van der Waals surface area contributed by atoms with E-state index in [4.69, 9.17) is 11.6 Å². The molecule has 3 rings (SSSR count). The van der Waals surface area contributed by atoms with Gasteiger partial charge in [-0.1, -0.05) is 23.7 Å². The van der Waals surface area contributed by atoms with Gasteiger partial charge in [-0.05, 0) is 36.2 Å². The molecule has 1 fully saturated rings. The third-order valence-corrected chi connectivity index (χ3v) is 5.98. The molecule has 2 aromatic rings. The Morgan fingerprint density at radius 1 is 1.24 bits per heavy atom. The van der Waals surface area contributed by atoms with Crippen LogP contribution >= 0.6 is 11.6 Å². The highest BCUT2D eigenvalue weighted by atomic mass is 35.5. The molecule has 1 aliphatic heterocycles. The zero-order chi connectivity index (χ0) is 17.9. The first-order chi connectivity index (χ1) is 11.9. The van der Waals surface area contributed by atoms with Crippen molar-refractivity contribution in [2.45, 2.75) is 19.0 Å². The average molecular weight is 380 g/mol. The van der Waals surface area contributed by atoms with Gasteiger partial charge in [0.05, 0.1) is 11.5 Å². The summed E-state index contributed by atoms with van der Waals surface area (Å²) in [5, 5.41) is 6.60.